The zero-order valence-corrected chi connectivity index (χ0v) is 13.1. The molecule has 0 saturated carbocycles. The molecule has 0 aliphatic heterocycles. The van der Waals surface area contributed by atoms with E-state index in [9.17, 15) is 4.79 Å². The maximum Gasteiger partial charge on any atom is 0.356 e. The van der Waals surface area contributed by atoms with Gasteiger partial charge in [0.25, 0.3) is 0 Å². The van der Waals surface area contributed by atoms with E-state index in [1.807, 2.05) is 13.0 Å². The number of hydrogen-bond acceptors (Lipinski definition) is 3. The minimum atomic E-state index is -1.50. The van der Waals surface area contributed by atoms with Crippen molar-refractivity contribution in [2.75, 3.05) is 6.61 Å². The summed E-state index contributed by atoms with van der Waals surface area (Å²) in [6.45, 7) is 11.0. The van der Waals surface area contributed by atoms with Crippen LogP contribution >= 0.6 is 0 Å². The number of aryl methyl sites for hydroxylation is 1. The SMILES string of the molecule is CCOC(=O)c1[nH]nc2c([Si](C)(C)C)cc(C)cc12. The van der Waals surface area contributed by atoms with E-state index in [2.05, 4.69) is 35.9 Å². The van der Waals surface area contributed by atoms with Gasteiger partial charge in [-0.05, 0) is 25.1 Å². The Labute approximate surface area is 114 Å². The fourth-order valence-corrected chi connectivity index (χ4v) is 3.75. The molecule has 4 nitrogen and oxygen atoms in total. The third-order valence-corrected chi connectivity index (χ3v) is 5.09. The summed E-state index contributed by atoms with van der Waals surface area (Å²) in [5.41, 5.74) is 2.52. The number of nitrogens with one attached hydrogen (secondary N) is 1. The molecule has 2 rings (SSSR count). The maximum absolute atomic E-state index is 11.9. The van der Waals surface area contributed by atoms with E-state index in [0.29, 0.717) is 12.3 Å². The predicted octanol–water partition coefficient (Wildman–Crippen LogP) is 2.59. The number of H-pyrrole nitrogens is 1. The third-order valence-electron chi connectivity index (χ3n) is 3.09. The first-order valence-corrected chi connectivity index (χ1v) is 10.0. The van der Waals surface area contributed by atoms with Gasteiger partial charge < -0.3 is 4.74 Å². The van der Waals surface area contributed by atoms with Crippen LogP contribution in [0.2, 0.25) is 19.6 Å². The minimum absolute atomic E-state index is 0.336. The highest BCUT2D eigenvalue weighted by Crippen LogP contribution is 2.20. The van der Waals surface area contributed by atoms with Crippen molar-refractivity contribution in [2.24, 2.45) is 0 Å². The Morgan fingerprint density at radius 1 is 1.37 bits per heavy atom. The van der Waals surface area contributed by atoms with Gasteiger partial charge in [0, 0.05) is 5.39 Å². The zero-order valence-electron chi connectivity index (χ0n) is 12.1. The Hall–Kier alpha value is -1.62. The number of carbonyl (C=O) groups excluding carboxylic acids is 1. The summed E-state index contributed by atoms with van der Waals surface area (Å²) in [5, 5.41) is 9.32. The molecule has 1 heterocycles. The Kier molecular flexibility index (Phi) is 3.49. The van der Waals surface area contributed by atoms with Gasteiger partial charge in [-0.25, -0.2) is 4.79 Å². The lowest BCUT2D eigenvalue weighted by Crippen LogP contribution is -2.38. The quantitative estimate of drug-likeness (QED) is 0.692. The first-order valence-electron chi connectivity index (χ1n) is 6.51. The monoisotopic (exact) mass is 276 g/mol. The summed E-state index contributed by atoms with van der Waals surface area (Å²) < 4.78 is 5.06. The van der Waals surface area contributed by atoms with Crippen molar-refractivity contribution in [1.29, 1.82) is 0 Å². The van der Waals surface area contributed by atoms with Crippen LogP contribution in [0.25, 0.3) is 10.9 Å². The van der Waals surface area contributed by atoms with Gasteiger partial charge in [-0.15, -0.1) is 0 Å². The molecule has 0 fully saturated rings. The summed E-state index contributed by atoms with van der Waals surface area (Å²) in [5.74, 6) is -0.336. The molecule has 0 amide bonds. The number of benzene rings is 1. The average Bonchev–Trinajstić information content (AvgIpc) is 2.70. The molecule has 102 valence electrons. The highest BCUT2D eigenvalue weighted by atomic mass is 28.3. The number of aromatic nitrogens is 2. The number of nitrogens with zero attached hydrogens (tertiary/aromatic N) is 1. The molecule has 0 aliphatic carbocycles. The van der Waals surface area contributed by atoms with Crippen LogP contribution in [0, 0.1) is 6.92 Å². The lowest BCUT2D eigenvalue weighted by molar-refractivity contribution is 0.0521. The molecule has 5 heteroatoms. The molecule has 0 spiro atoms. The predicted molar refractivity (Wildman–Crippen MR) is 79.8 cm³/mol. The van der Waals surface area contributed by atoms with Gasteiger partial charge >= 0.3 is 5.97 Å². The first kappa shape index (κ1) is 13.8. The lowest BCUT2D eigenvalue weighted by atomic mass is 10.1. The zero-order chi connectivity index (χ0) is 14.2. The highest BCUT2D eigenvalue weighted by Gasteiger charge is 2.24. The number of ether oxygens (including phenoxy) is 1. The Bertz CT molecular complexity index is 626. The van der Waals surface area contributed by atoms with Crippen molar-refractivity contribution in [2.45, 2.75) is 33.5 Å². The van der Waals surface area contributed by atoms with Gasteiger partial charge in [0.05, 0.1) is 20.2 Å². The van der Waals surface area contributed by atoms with Gasteiger partial charge in [-0.1, -0.05) is 31.3 Å². The summed E-state index contributed by atoms with van der Waals surface area (Å²) >= 11 is 0. The van der Waals surface area contributed by atoms with Gasteiger partial charge in [-0.2, -0.15) is 5.10 Å². The van der Waals surface area contributed by atoms with Crippen molar-refractivity contribution >= 4 is 30.1 Å². The molecule has 0 unspecified atom stereocenters. The molecule has 0 aliphatic rings. The van der Waals surface area contributed by atoms with E-state index in [-0.39, 0.29) is 5.97 Å². The second-order valence-corrected chi connectivity index (χ2v) is 10.8. The molecule has 0 bridgehead atoms. The van der Waals surface area contributed by atoms with Gasteiger partial charge in [0.2, 0.25) is 0 Å². The average molecular weight is 276 g/mol. The van der Waals surface area contributed by atoms with E-state index < -0.39 is 8.07 Å². The third kappa shape index (κ3) is 2.56. The topological polar surface area (TPSA) is 55.0 Å². The van der Waals surface area contributed by atoms with Gasteiger partial charge in [0.1, 0.15) is 0 Å². The van der Waals surface area contributed by atoms with E-state index in [1.165, 1.54) is 5.19 Å². The van der Waals surface area contributed by atoms with Crippen molar-refractivity contribution in [3.8, 4) is 0 Å². The largest absolute Gasteiger partial charge is 0.461 e. The standard InChI is InChI=1S/C14H20N2O2Si/c1-6-18-14(17)13-10-7-9(2)8-11(19(3,4)5)12(10)15-16-13/h7-8H,6H2,1-5H3,(H,15,16). The molecule has 0 saturated heterocycles. The normalized spacial score (nSPS) is 11.8. The lowest BCUT2D eigenvalue weighted by Gasteiger charge is -2.17. The molecule has 2 aromatic rings. The summed E-state index contributed by atoms with van der Waals surface area (Å²) in [7, 11) is -1.50. The molecule has 1 aromatic carbocycles. The second-order valence-electron chi connectivity index (χ2n) is 5.78. The van der Waals surface area contributed by atoms with Crippen LogP contribution in [0.3, 0.4) is 0 Å². The number of rotatable bonds is 3. The van der Waals surface area contributed by atoms with Crippen molar-refractivity contribution < 1.29 is 9.53 Å². The van der Waals surface area contributed by atoms with Crippen LogP contribution in [0.15, 0.2) is 12.1 Å². The molecule has 1 N–H and O–H groups in total. The fourth-order valence-electron chi connectivity index (χ4n) is 2.19. The number of hydrogen-bond donors (Lipinski definition) is 1. The van der Waals surface area contributed by atoms with E-state index in [0.717, 1.165) is 16.5 Å². The first-order chi connectivity index (χ1) is 8.84. The molecule has 19 heavy (non-hydrogen) atoms. The van der Waals surface area contributed by atoms with Crippen LogP contribution in [0.4, 0.5) is 0 Å². The molecule has 0 radical (unpaired) electrons. The summed E-state index contributed by atoms with van der Waals surface area (Å²) in [4.78, 5) is 11.9. The van der Waals surface area contributed by atoms with E-state index in [4.69, 9.17) is 4.74 Å². The molecular weight excluding hydrogens is 256 g/mol. The fraction of sp³-hybridized carbons (Fsp3) is 0.429. The molecular formula is C14H20N2O2Si. The number of esters is 1. The van der Waals surface area contributed by atoms with Crippen LogP contribution < -0.4 is 5.19 Å². The van der Waals surface area contributed by atoms with Crippen molar-refractivity contribution in [3.63, 3.8) is 0 Å². The van der Waals surface area contributed by atoms with Crippen molar-refractivity contribution in [1.82, 2.24) is 10.2 Å². The Morgan fingerprint density at radius 2 is 2.05 bits per heavy atom. The van der Waals surface area contributed by atoms with Gasteiger partial charge in [-0.3, -0.25) is 5.10 Å². The van der Waals surface area contributed by atoms with Crippen LogP contribution in [0.5, 0.6) is 0 Å². The van der Waals surface area contributed by atoms with Crippen molar-refractivity contribution in [3.05, 3.63) is 23.4 Å². The minimum Gasteiger partial charge on any atom is -0.461 e. The summed E-state index contributed by atoms with van der Waals surface area (Å²) in [6.07, 6.45) is 0. The van der Waals surface area contributed by atoms with Crippen LogP contribution in [-0.4, -0.2) is 30.8 Å². The number of carbonyl (C=O) groups is 1. The Balaban J connectivity index is 2.67. The smallest absolute Gasteiger partial charge is 0.356 e. The molecule has 1 aromatic heterocycles. The van der Waals surface area contributed by atoms with Crippen LogP contribution in [0.1, 0.15) is 23.0 Å². The molecule has 0 atom stereocenters. The van der Waals surface area contributed by atoms with E-state index in [1.54, 1.807) is 6.92 Å². The second kappa shape index (κ2) is 4.81. The van der Waals surface area contributed by atoms with E-state index >= 15 is 0 Å². The summed E-state index contributed by atoms with van der Waals surface area (Å²) in [6, 6.07) is 4.18. The van der Waals surface area contributed by atoms with Gasteiger partial charge in [0.15, 0.2) is 5.69 Å². The Morgan fingerprint density at radius 3 is 2.63 bits per heavy atom. The maximum atomic E-state index is 11.9. The number of fused-ring (bicyclic) bond motifs is 1. The number of aromatic amines is 1. The van der Waals surface area contributed by atoms with Crippen LogP contribution in [-0.2, 0) is 4.74 Å². The highest BCUT2D eigenvalue weighted by molar-refractivity contribution is 6.90.